The lowest BCUT2D eigenvalue weighted by Crippen LogP contribution is -2.20. The third kappa shape index (κ3) is 2.27. The Hall–Kier alpha value is -0.0800. The second-order valence-corrected chi connectivity index (χ2v) is 3.20. The smallest absolute Gasteiger partial charge is 0.0543 e. The Morgan fingerprint density at radius 1 is 1.30 bits per heavy atom. The first-order chi connectivity index (χ1) is 4.83. The summed E-state index contributed by atoms with van der Waals surface area (Å²) in [5.74, 6) is 0.578. The molecule has 0 radical (unpaired) electrons. The minimum atomic E-state index is -0.0923. The van der Waals surface area contributed by atoms with Crippen LogP contribution in [0.25, 0.3) is 0 Å². The molecular weight excluding hydrogens is 128 g/mol. The van der Waals surface area contributed by atoms with Crippen molar-refractivity contribution in [2.24, 2.45) is 5.92 Å². The first kappa shape index (κ1) is 8.02. The molecule has 0 amide bonds. The number of hydrogen-bond donors (Lipinski definition) is 2. The minimum Gasteiger partial charge on any atom is -0.396 e. The molecule has 10 heavy (non-hydrogen) atoms. The fourth-order valence-electron chi connectivity index (χ4n) is 1.71. The van der Waals surface area contributed by atoms with Crippen LogP contribution in [-0.2, 0) is 0 Å². The minimum absolute atomic E-state index is 0.0923. The molecule has 0 heterocycles. The first-order valence-electron chi connectivity index (χ1n) is 4.12. The van der Waals surface area contributed by atoms with Gasteiger partial charge in [-0.05, 0) is 25.2 Å². The van der Waals surface area contributed by atoms with E-state index in [-0.39, 0.29) is 12.7 Å². The summed E-state index contributed by atoms with van der Waals surface area (Å²) in [6.45, 7) is 0.275. The molecule has 2 heteroatoms. The van der Waals surface area contributed by atoms with Crippen LogP contribution in [-0.4, -0.2) is 22.9 Å². The number of rotatable bonds is 2. The molecule has 0 saturated heterocycles. The molecular formula is C8H16O2. The van der Waals surface area contributed by atoms with E-state index in [1.54, 1.807) is 0 Å². The summed E-state index contributed by atoms with van der Waals surface area (Å²) in [5, 5.41) is 17.8. The van der Waals surface area contributed by atoms with Gasteiger partial charge in [-0.15, -0.1) is 0 Å². The van der Waals surface area contributed by atoms with Gasteiger partial charge in [-0.25, -0.2) is 0 Å². The molecule has 1 aliphatic rings. The molecule has 1 rings (SSSR count). The average Bonchev–Trinajstić information content (AvgIpc) is 1.88. The van der Waals surface area contributed by atoms with Gasteiger partial charge in [0.15, 0.2) is 0 Å². The quantitative estimate of drug-likeness (QED) is 0.605. The summed E-state index contributed by atoms with van der Waals surface area (Å²) in [5.41, 5.74) is 0. The zero-order valence-electron chi connectivity index (χ0n) is 6.29. The van der Waals surface area contributed by atoms with Gasteiger partial charge in [-0.2, -0.15) is 0 Å². The van der Waals surface area contributed by atoms with Crippen molar-refractivity contribution >= 4 is 0 Å². The van der Waals surface area contributed by atoms with Crippen molar-refractivity contribution in [3.05, 3.63) is 0 Å². The molecule has 0 aromatic rings. The van der Waals surface area contributed by atoms with Crippen molar-refractivity contribution in [2.45, 2.75) is 38.2 Å². The summed E-state index contributed by atoms with van der Waals surface area (Å²) in [4.78, 5) is 0. The van der Waals surface area contributed by atoms with E-state index >= 15 is 0 Å². The van der Waals surface area contributed by atoms with E-state index in [1.807, 2.05) is 0 Å². The van der Waals surface area contributed by atoms with E-state index in [2.05, 4.69) is 0 Å². The molecule has 0 spiro atoms. The van der Waals surface area contributed by atoms with Crippen molar-refractivity contribution in [1.82, 2.24) is 0 Å². The van der Waals surface area contributed by atoms with Gasteiger partial charge in [0, 0.05) is 6.61 Å². The lowest BCUT2D eigenvalue weighted by molar-refractivity contribution is 0.0909. The monoisotopic (exact) mass is 144 g/mol. The highest BCUT2D eigenvalue weighted by Crippen LogP contribution is 2.26. The molecule has 1 fully saturated rings. The van der Waals surface area contributed by atoms with Gasteiger partial charge in [0.2, 0.25) is 0 Å². The summed E-state index contributed by atoms with van der Waals surface area (Å²) in [6.07, 6.45) is 4.97. The zero-order valence-corrected chi connectivity index (χ0v) is 6.29. The maximum atomic E-state index is 9.22. The molecule has 2 atom stereocenters. The predicted molar refractivity (Wildman–Crippen MR) is 39.7 cm³/mol. The van der Waals surface area contributed by atoms with E-state index < -0.39 is 0 Å². The fraction of sp³-hybridized carbons (Fsp3) is 1.00. The Labute approximate surface area is 61.9 Å². The first-order valence-corrected chi connectivity index (χ1v) is 4.12. The van der Waals surface area contributed by atoms with Gasteiger partial charge in [0.05, 0.1) is 6.10 Å². The summed E-state index contributed by atoms with van der Waals surface area (Å²) in [6, 6.07) is 0. The zero-order chi connectivity index (χ0) is 7.40. The fourth-order valence-corrected chi connectivity index (χ4v) is 1.71. The van der Waals surface area contributed by atoms with Gasteiger partial charge in [0.25, 0.3) is 0 Å². The second-order valence-electron chi connectivity index (χ2n) is 3.20. The van der Waals surface area contributed by atoms with Crippen LogP contribution in [0, 0.1) is 5.92 Å². The second kappa shape index (κ2) is 3.94. The van der Waals surface area contributed by atoms with Crippen LogP contribution < -0.4 is 0 Å². The third-order valence-electron chi connectivity index (χ3n) is 2.29. The van der Waals surface area contributed by atoms with E-state index in [0.29, 0.717) is 5.92 Å². The van der Waals surface area contributed by atoms with Crippen LogP contribution >= 0.6 is 0 Å². The molecule has 2 nitrogen and oxygen atoms in total. The van der Waals surface area contributed by atoms with Crippen LogP contribution in [0.1, 0.15) is 32.1 Å². The van der Waals surface area contributed by atoms with Crippen molar-refractivity contribution in [1.29, 1.82) is 0 Å². The van der Waals surface area contributed by atoms with Crippen molar-refractivity contribution < 1.29 is 10.2 Å². The Kier molecular flexibility index (Phi) is 3.16. The summed E-state index contributed by atoms with van der Waals surface area (Å²) in [7, 11) is 0. The third-order valence-corrected chi connectivity index (χ3v) is 2.29. The summed E-state index contributed by atoms with van der Waals surface area (Å²) >= 11 is 0. The van der Waals surface area contributed by atoms with E-state index in [1.165, 1.54) is 6.42 Å². The Balaban J connectivity index is 2.18. The Morgan fingerprint density at radius 2 is 2.10 bits per heavy atom. The molecule has 2 N–H and O–H groups in total. The van der Waals surface area contributed by atoms with Gasteiger partial charge in [-0.3, -0.25) is 0 Å². The van der Waals surface area contributed by atoms with Crippen molar-refractivity contribution in [3.8, 4) is 0 Å². The topological polar surface area (TPSA) is 40.5 Å². The Bertz CT molecular complexity index is 91.3. The van der Waals surface area contributed by atoms with E-state index in [9.17, 15) is 5.11 Å². The van der Waals surface area contributed by atoms with Crippen LogP contribution in [0.4, 0.5) is 0 Å². The molecule has 0 aromatic carbocycles. The highest BCUT2D eigenvalue weighted by molar-refractivity contribution is 4.71. The van der Waals surface area contributed by atoms with Crippen LogP contribution in [0.5, 0.6) is 0 Å². The SMILES string of the molecule is OCCC1CCC[C@H](O)C1. The number of hydrogen-bond acceptors (Lipinski definition) is 2. The molecule has 1 aliphatic carbocycles. The van der Waals surface area contributed by atoms with Crippen molar-refractivity contribution in [2.75, 3.05) is 6.61 Å². The van der Waals surface area contributed by atoms with E-state index in [0.717, 1.165) is 25.7 Å². The average molecular weight is 144 g/mol. The largest absolute Gasteiger partial charge is 0.396 e. The van der Waals surface area contributed by atoms with Crippen molar-refractivity contribution in [3.63, 3.8) is 0 Å². The molecule has 60 valence electrons. The van der Waals surface area contributed by atoms with Crippen LogP contribution in [0.2, 0.25) is 0 Å². The molecule has 1 saturated carbocycles. The normalized spacial score (nSPS) is 34.2. The highest BCUT2D eigenvalue weighted by Gasteiger charge is 2.18. The lowest BCUT2D eigenvalue weighted by atomic mass is 9.85. The highest BCUT2D eigenvalue weighted by atomic mass is 16.3. The standard InChI is InChI=1S/C8H16O2/c9-5-4-7-2-1-3-8(10)6-7/h7-10H,1-6H2/t7?,8-/m0/s1. The maximum Gasteiger partial charge on any atom is 0.0543 e. The van der Waals surface area contributed by atoms with E-state index in [4.69, 9.17) is 5.11 Å². The van der Waals surface area contributed by atoms with Gasteiger partial charge in [-0.1, -0.05) is 12.8 Å². The molecule has 0 aliphatic heterocycles. The maximum absolute atomic E-state index is 9.22. The lowest BCUT2D eigenvalue weighted by Gasteiger charge is -2.24. The molecule has 1 unspecified atom stereocenters. The van der Waals surface area contributed by atoms with Gasteiger partial charge >= 0.3 is 0 Å². The van der Waals surface area contributed by atoms with Crippen LogP contribution in [0.15, 0.2) is 0 Å². The summed E-state index contributed by atoms with van der Waals surface area (Å²) < 4.78 is 0. The Morgan fingerprint density at radius 3 is 2.70 bits per heavy atom. The number of aliphatic hydroxyl groups excluding tert-OH is 2. The van der Waals surface area contributed by atoms with Gasteiger partial charge in [0.1, 0.15) is 0 Å². The van der Waals surface area contributed by atoms with Gasteiger partial charge < -0.3 is 10.2 Å². The van der Waals surface area contributed by atoms with Crippen LogP contribution in [0.3, 0.4) is 0 Å². The molecule has 0 aromatic heterocycles. The predicted octanol–water partition coefficient (Wildman–Crippen LogP) is 0.920. The number of aliphatic hydroxyl groups is 2. The molecule has 0 bridgehead atoms.